The summed E-state index contributed by atoms with van der Waals surface area (Å²) in [4.78, 5) is 32.8. The molecule has 1 amide bonds. The van der Waals surface area contributed by atoms with Crippen LogP contribution in [0.4, 0.5) is 5.82 Å². The van der Waals surface area contributed by atoms with Gasteiger partial charge in [-0.1, -0.05) is 5.16 Å². The van der Waals surface area contributed by atoms with Crippen LogP contribution in [0.5, 0.6) is 0 Å². The Kier molecular flexibility index (Phi) is 7.09. The lowest BCUT2D eigenvalue weighted by Gasteiger charge is -2.23. The largest absolute Gasteiger partial charge is 0.462 e. The number of halogens is 1. The predicted octanol–water partition coefficient (Wildman–Crippen LogP) is 2.88. The standard InChI is InChI=1S/C20H25ClN4O4/c1-3-28-20(27)15-5-7-17(22-13-15)24-9-4-10-25(12-11-24)18(26)8-6-16-14(2)23-29-19(16)21/h5,7,13H,3-4,6,8-12H2,1-2H3. The van der Waals surface area contributed by atoms with Crippen LogP contribution in [0.3, 0.4) is 0 Å². The summed E-state index contributed by atoms with van der Waals surface area (Å²) in [6, 6.07) is 3.54. The molecule has 0 unspecified atom stereocenters. The Morgan fingerprint density at radius 3 is 2.72 bits per heavy atom. The van der Waals surface area contributed by atoms with Crippen molar-refractivity contribution in [3.8, 4) is 0 Å². The van der Waals surface area contributed by atoms with E-state index in [1.54, 1.807) is 13.0 Å². The molecule has 8 nitrogen and oxygen atoms in total. The van der Waals surface area contributed by atoms with Crippen LogP contribution in [0.15, 0.2) is 22.9 Å². The molecule has 29 heavy (non-hydrogen) atoms. The maximum absolute atomic E-state index is 12.6. The van der Waals surface area contributed by atoms with Crippen molar-refractivity contribution >= 4 is 29.3 Å². The fraction of sp³-hybridized carbons (Fsp3) is 0.500. The van der Waals surface area contributed by atoms with E-state index in [-0.39, 0.29) is 17.1 Å². The number of carbonyl (C=O) groups is 2. The second-order valence-corrected chi connectivity index (χ2v) is 7.21. The van der Waals surface area contributed by atoms with Crippen LogP contribution >= 0.6 is 11.6 Å². The molecule has 1 aliphatic rings. The lowest BCUT2D eigenvalue weighted by Crippen LogP contribution is -2.35. The van der Waals surface area contributed by atoms with Gasteiger partial charge in [0.25, 0.3) is 0 Å². The van der Waals surface area contributed by atoms with Gasteiger partial charge in [0.05, 0.1) is 17.9 Å². The topological polar surface area (TPSA) is 88.8 Å². The van der Waals surface area contributed by atoms with Crippen molar-refractivity contribution in [1.29, 1.82) is 0 Å². The van der Waals surface area contributed by atoms with E-state index in [0.29, 0.717) is 44.6 Å². The van der Waals surface area contributed by atoms with Gasteiger partial charge in [0, 0.05) is 44.4 Å². The maximum atomic E-state index is 12.6. The first-order valence-electron chi connectivity index (χ1n) is 9.76. The predicted molar refractivity (Wildman–Crippen MR) is 108 cm³/mol. The van der Waals surface area contributed by atoms with Gasteiger partial charge in [-0.25, -0.2) is 9.78 Å². The van der Waals surface area contributed by atoms with Crippen molar-refractivity contribution in [1.82, 2.24) is 15.0 Å². The Morgan fingerprint density at radius 2 is 2.07 bits per heavy atom. The van der Waals surface area contributed by atoms with Gasteiger partial charge in [0.2, 0.25) is 11.1 Å². The zero-order chi connectivity index (χ0) is 20.8. The Labute approximate surface area is 174 Å². The van der Waals surface area contributed by atoms with Crippen molar-refractivity contribution in [2.45, 2.75) is 33.1 Å². The number of rotatable bonds is 6. The molecule has 0 radical (unpaired) electrons. The summed E-state index contributed by atoms with van der Waals surface area (Å²) in [5.41, 5.74) is 1.95. The van der Waals surface area contributed by atoms with Crippen LogP contribution in [0.1, 0.15) is 41.4 Å². The van der Waals surface area contributed by atoms with Gasteiger partial charge in [0.1, 0.15) is 5.82 Å². The number of esters is 1. The molecule has 1 saturated heterocycles. The van der Waals surface area contributed by atoms with E-state index in [0.717, 1.165) is 30.0 Å². The average Bonchev–Trinajstić information content (AvgIpc) is 2.91. The fourth-order valence-corrected chi connectivity index (χ4v) is 3.60. The molecule has 0 atom stereocenters. The zero-order valence-corrected chi connectivity index (χ0v) is 17.4. The highest BCUT2D eigenvalue weighted by atomic mass is 35.5. The Morgan fingerprint density at radius 1 is 1.24 bits per heavy atom. The summed E-state index contributed by atoms with van der Waals surface area (Å²) in [7, 11) is 0. The van der Waals surface area contributed by atoms with Crippen molar-refractivity contribution < 1.29 is 18.8 Å². The van der Waals surface area contributed by atoms with E-state index in [4.69, 9.17) is 20.9 Å². The molecule has 2 aromatic rings. The van der Waals surface area contributed by atoms with Crippen LogP contribution in [0, 0.1) is 6.92 Å². The smallest absolute Gasteiger partial charge is 0.339 e. The molecule has 0 aliphatic carbocycles. The number of amides is 1. The highest BCUT2D eigenvalue weighted by Gasteiger charge is 2.21. The van der Waals surface area contributed by atoms with Crippen LogP contribution in [0.2, 0.25) is 5.22 Å². The average molecular weight is 421 g/mol. The van der Waals surface area contributed by atoms with E-state index in [1.807, 2.05) is 17.9 Å². The zero-order valence-electron chi connectivity index (χ0n) is 16.7. The monoisotopic (exact) mass is 420 g/mol. The van der Waals surface area contributed by atoms with E-state index in [1.165, 1.54) is 6.20 Å². The lowest BCUT2D eigenvalue weighted by molar-refractivity contribution is -0.130. The Bertz CT molecular complexity index is 833. The second kappa shape index (κ2) is 9.73. The third-order valence-corrected chi connectivity index (χ3v) is 5.25. The first-order chi connectivity index (χ1) is 14.0. The summed E-state index contributed by atoms with van der Waals surface area (Å²) < 4.78 is 9.92. The normalized spacial score (nSPS) is 14.6. The fourth-order valence-electron chi connectivity index (χ4n) is 3.33. The van der Waals surface area contributed by atoms with Gasteiger partial charge in [0.15, 0.2) is 0 Å². The molecule has 0 bridgehead atoms. The number of pyridine rings is 1. The van der Waals surface area contributed by atoms with Gasteiger partial charge in [-0.15, -0.1) is 0 Å². The molecule has 0 N–H and O–H groups in total. The van der Waals surface area contributed by atoms with Gasteiger partial charge < -0.3 is 19.1 Å². The molecular weight excluding hydrogens is 396 g/mol. The molecule has 1 aliphatic heterocycles. The van der Waals surface area contributed by atoms with E-state index in [9.17, 15) is 9.59 Å². The van der Waals surface area contributed by atoms with E-state index < -0.39 is 0 Å². The highest BCUT2D eigenvalue weighted by molar-refractivity contribution is 6.29. The maximum Gasteiger partial charge on any atom is 0.339 e. The van der Waals surface area contributed by atoms with Gasteiger partial charge in [-0.3, -0.25) is 4.79 Å². The Hall–Kier alpha value is -2.61. The second-order valence-electron chi connectivity index (χ2n) is 6.87. The molecule has 156 valence electrons. The lowest BCUT2D eigenvalue weighted by atomic mass is 10.1. The molecule has 1 fully saturated rings. The van der Waals surface area contributed by atoms with Gasteiger partial charge >= 0.3 is 5.97 Å². The summed E-state index contributed by atoms with van der Waals surface area (Å²) in [6.45, 7) is 6.73. The molecule has 2 aromatic heterocycles. The third kappa shape index (κ3) is 5.26. The Balaban J connectivity index is 1.54. The number of aryl methyl sites for hydroxylation is 1. The van der Waals surface area contributed by atoms with Crippen LogP contribution in [-0.2, 0) is 16.0 Å². The van der Waals surface area contributed by atoms with Crippen molar-refractivity contribution in [3.05, 3.63) is 40.4 Å². The first kappa shape index (κ1) is 21.1. The minimum absolute atomic E-state index is 0.0918. The van der Waals surface area contributed by atoms with E-state index >= 15 is 0 Å². The molecule has 0 aromatic carbocycles. The number of ether oxygens (including phenoxy) is 1. The quantitative estimate of drug-likeness (QED) is 0.664. The van der Waals surface area contributed by atoms with E-state index in [2.05, 4.69) is 15.0 Å². The molecule has 3 heterocycles. The van der Waals surface area contributed by atoms with Crippen molar-refractivity contribution in [2.24, 2.45) is 0 Å². The van der Waals surface area contributed by atoms with Crippen molar-refractivity contribution in [3.63, 3.8) is 0 Å². The number of nitrogens with zero attached hydrogens (tertiary/aromatic N) is 4. The minimum atomic E-state index is -0.373. The number of hydrogen-bond donors (Lipinski definition) is 0. The minimum Gasteiger partial charge on any atom is -0.462 e. The van der Waals surface area contributed by atoms with Crippen LogP contribution in [0.25, 0.3) is 0 Å². The molecule has 9 heteroatoms. The number of aromatic nitrogens is 2. The third-order valence-electron chi connectivity index (χ3n) is 4.96. The summed E-state index contributed by atoms with van der Waals surface area (Å²) >= 11 is 5.98. The summed E-state index contributed by atoms with van der Waals surface area (Å²) in [6.07, 6.45) is 3.27. The summed E-state index contributed by atoms with van der Waals surface area (Å²) in [5, 5.41) is 4.08. The molecule has 0 saturated carbocycles. The van der Waals surface area contributed by atoms with Crippen LogP contribution in [-0.4, -0.2) is 59.7 Å². The molecule has 3 rings (SSSR count). The SMILES string of the molecule is CCOC(=O)c1ccc(N2CCCN(C(=O)CCc3c(C)noc3Cl)CC2)nc1. The molecular formula is C20H25ClN4O4. The molecule has 0 spiro atoms. The summed E-state index contributed by atoms with van der Waals surface area (Å²) in [5.74, 6) is 0.510. The van der Waals surface area contributed by atoms with Crippen molar-refractivity contribution in [2.75, 3.05) is 37.7 Å². The number of hydrogen-bond acceptors (Lipinski definition) is 7. The van der Waals surface area contributed by atoms with Gasteiger partial charge in [-0.05, 0) is 50.4 Å². The number of anilines is 1. The first-order valence-corrected chi connectivity index (χ1v) is 10.1. The number of carbonyl (C=O) groups excluding carboxylic acids is 2. The van der Waals surface area contributed by atoms with Gasteiger partial charge in [-0.2, -0.15) is 0 Å². The van der Waals surface area contributed by atoms with Crippen LogP contribution < -0.4 is 4.90 Å². The highest BCUT2D eigenvalue weighted by Crippen LogP contribution is 2.21.